The highest BCUT2D eigenvalue weighted by Gasteiger charge is 2.59. The molecule has 1 spiro atoms. The SMILES string of the molecule is [B][C@@H]1O[C@]2(COP(C)(=O)SC2)C(OPC)[C@@H]1O[Si](C)(C)C(C)(C)C. The Bertz CT molecular complexity index is 504. The van der Waals surface area contributed by atoms with Crippen molar-refractivity contribution in [1.82, 2.24) is 0 Å². The molecule has 6 atom stereocenters. The van der Waals surface area contributed by atoms with Crippen LogP contribution in [-0.2, 0) is 22.8 Å². The molecule has 5 nitrogen and oxygen atoms in total. The molecule has 2 aliphatic heterocycles. The predicted molar refractivity (Wildman–Crippen MR) is 106 cm³/mol. The van der Waals surface area contributed by atoms with E-state index in [9.17, 15) is 4.57 Å². The van der Waals surface area contributed by atoms with Gasteiger partial charge in [-0.05, 0) is 24.8 Å². The Kier molecular flexibility index (Phi) is 6.50. The summed E-state index contributed by atoms with van der Waals surface area (Å²) in [5.41, 5.74) is -0.690. The van der Waals surface area contributed by atoms with Crippen LogP contribution >= 0.6 is 26.8 Å². The summed E-state index contributed by atoms with van der Waals surface area (Å²) in [7, 11) is 4.55. The molecular weight excluding hydrogens is 381 g/mol. The van der Waals surface area contributed by atoms with Crippen molar-refractivity contribution in [3.05, 3.63) is 0 Å². The number of hydrogen-bond acceptors (Lipinski definition) is 6. The van der Waals surface area contributed by atoms with Gasteiger partial charge in [0.25, 0.3) is 6.57 Å². The molecule has 2 aliphatic rings. The fourth-order valence-corrected chi connectivity index (χ4v) is 7.52. The van der Waals surface area contributed by atoms with Gasteiger partial charge in [-0.2, -0.15) is 0 Å². The molecule has 138 valence electrons. The predicted octanol–water partition coefficient (Wildman–Crippen LogP) is 3.84. The first-order chi connectivity index (χ1) is 10.8. The van der Waals surface area contributed by atoms with Crippen LogP contribution < -0.4 is 0 Å². The molecule has 0 aliphatic carbocycles. The van der Waals surface area contributed by atoms with Gasteiger partial charge in [0.15, 0.2) is 8.32 Å². The lowest BCUT2D eigenvalue weighted by atomic mass is 9.90. The van der Waals surface area contributed by atoms with E-state index in [-0.39, 0.29) is 23.9 Å². The molecule has 0 amide bonds. The number of rotatable bonds is 4. The van der Waals surface area contributed by atoms with Crippen molar-refractivity contribution in [3.63, 3.8) is 0 Å². The third-order valence-electron chi connectivity index (χ3n) is 5.08. The largest absolute Gasteiger partial charge is 0.409 e. The highest BCUT2D eigenvalue weighted by Crippen LogP contribution is 2.62. The maximum atomic E-state index is 12.2. The average molecular weight is 410 g/mol. The van der Waals surface area contributed by atoms with E-state index < -0.39 is 26.5 Å². The normalized spacial score (nSPS) is 41.5. The maximum absolute atomic E-state index is 12.2. The van der Waals surface area contributed by atoms with Crippen LogP contribution in [0, 0.1) is 0 Å². The van der Waals surface area contributed by atoms with Gasteiger partial charge >= 0.3 is 0 Å². The summed E-state index contributed by atoms with van der Waals surface area (Å²) in [6.45, 7) is 12.2. The Morgan fingerprint density at radius 3 is 2.50 bits per heavy atom. The van der Waals surface area contributed by atoms with Crippen molar-refractivity contribution in [2.75, 3.05) is 25.7 Å². The zero-order valence-electron chi connectivity index (χ0n) is 15.6. The van der Waals surface area contributed by atoms with Crippen molar-refractivity contribution in [2.24, 2.45) is 0 Å². The second-order valence-electron chi connectivity index (χ2n) is 8.05. The van der Waals surface area contributed by atoms with E-state index in [1.807, 2.05) is 6.66 Å². The van der Waals surface area contributed by atoms with Crippen LogP contribution in [0.2, 0.25) is 18.1 Å². The molecule has 24 heavy (non-hydrogen) atoms. The Morgan fingerprint density at radius 2 is 2.04 bits per heavy atom. The van der Waals surface area contributed by atoms with Gasteiger partial charge in [0, 0.05) is 27.2 Å². The summed E-state index contributed by atoms with van der Waals surface area (Å²) in [6, 6.07) is -0.570. The van der Waals surface area contributed by atoms with E-state index in [2.05, 4.69) is 33.9 Å². The molecule has 0 aromatic heterocycles. The lowest BCUT2D eigenvalue weighted by molar-refractivity contribution is -0.0656. The van der Waals surface area contributed by atoms with Crippen molar-refractivity contribution in [1.29, 1.82) is 0 Å². The standard InChI is InChI=1S/C14H29BO5P2SSi/c1-13(2,3)24(6,7)20-10-11(19-21-4)14(18-12(10)15)8-17-22(5,16)23-9-14/h10-12,21H,8-9H2,1-7H3/t10-,11?,12+,14-,22?/m0/s1. The second-order valence-corrected chi connectivity index (χ2v) is 18.6. The van der Waals surface area contributed by atoms with Crippen LogP contribution in [0.3, 0.4) is 0 Å². The zero-order chi connectivity index (χ0) is 18.4. The van der Waals surface area contributed by atoms with Crippen LogP contribution in [0.25, 0.3) is 0 Å². The minimum atomic E-state index is -2.61. The highest BCUT2D eigenvalue weighted by atomic mass is 32.7. The molecule has 2 radical (unpaired) electrons. The molecule has 2 saturated heterocycles. The molecule has 0 aromatic carbocycles. The summed E-state index contributed by atoms with van der Waals surface area (Å²) >= 11 is 1.31. The summed E-state index contributed by atoms with van der Waals surface area (Å²) in [4.78, 5) is 0. The first-order valence-electron chi connectivity index (χ1n) is 8.14. The summed E-state index contributed by atoms with van der Waals surface area (Å²) in [5.74, 6) is 0.543. The topological polar surface area (TPSA) is 54.0 Å². The zero-order valence-corrected chi connectivity index (χ0v) is 19.3. The van der Waals surface area contributed by atoms with Crippen LogP contribution in [0.15, 0.2) is 0 Å². The smallest absolute Gasteiger partial charge is 0.254 e. The van der Waals surface area contributed by atoms with Gasteiger partial charge < -0.3 is 18.2 Å². The first kappa shape index (κ1) is 21.4. The van der Waals surface area contributed by atoms with Gasteiger partial charge in [-0.25, -0.2) is 0 Å². The molecule has 2 fully saturated rings. The van der Waals surface area contributed by atoms with Crippen molar-refractivity contribution in [3.8, 4) is 0 Å². The molecule has 2 heterocycles. The number of hydrogen-bond donors (Lipinski definition) is 0. The summed E-state index contributed by atoms with van der Waals surface area (Å²) in [6.07, 6.45) is -0.644. The van der Waals surface area contributed by atoms with E-state index >= 15 is 0 Å². The second kappa shape index (κ2) is 7.27. The molecule has 0 N–H and O–H groups in total. The fourth-order valence-electron chi connectivity index (χ4n) is 2.59. The molecule has 0 aromatic rings. The van der Waals surface area contributed by atoms with Crippen molar-refractivity contribution < 1.29 is 22.8 Å². The quantitative estimate of drug-likeness (QED) is 0.519. The van der Waals surface area contributed by atoms with E-state index in [0.717, 1.165) is 0 Å². The minimum absolute atomic E-state index is 0.0679. The van der Waals surface area contributed by atoms with Gasteiger partial charge in [0.2, 0.25) is 0 Å². The molecule has 0 bridgehead atoms. The van der Waals surface area contributed by atoms with Crippen LogP contribution in [-0.4, -0.2) is 65.7 Å². The average Bonchev–Trinajstić information content (AvgIpc) is 2.67. The summed E-state index contributed by atoms with van der Waals surface area (Å²) < 4.78 is 36.4. The molecular formula is C14H29BO5P2SSi. The highest BCUT2D eigenvalue weighted by molar-refractivity contribution is 8.56. The third kappa shape index (κ3) is 4.33. The van der Waals surface area contributed by atoms with Gasteiger partial charge in [0.05, 0.1) is 12.7 Å². The van der Waals surface area contributed by atoms with Crippen LogP contribution in [0.5, 0.6) is 0 Å². The van der Waals surface area contributed by atoms with Gasteiger partial charge in [-0.1, -0.05) is 32.2 Å². The van der Waals surface area contributed by atoms with Crippen molar-refractivity contribution in [2.45, 2.75) is 62.7 Å². The Morgan fingerprint density at radius 1 is 1.42 bits per heavy atom. The van der Waals surface area contributed by atoms with E-state index in [4.69, 9.17) is 26.1 Å². The Hall–Kier alpha value is 1.13. The maximum Gasteiger partial charge on any atom is 0.254 e. The Balaban J connectivity index is 2.24. The van der Waals surface area contributed by atoms with E-state index in [1.54, 1.807) is 6.66 Å². The lowest BCUT2D eigenvalue weighted by Crippen LogP contribution is -2.54. The molecule has 3 unspecified atom stereocenters. The van der Waals surface area contributed by atoms with Gasteiger partial charge in [0.1, 0.15) is 19.6 Å². The van der Waals surface area contributed by atoms with E-state index in [0.29, 0.717) is 14.6 Å². The Labute approximate surface area is 154 Å². The molecule has 0 saturated carbocycles. The van der Waals surface area contributed by atoms with Crippen LogP contribution in [0.1, 0.15) is 20.8 Å². The van der Waals surface area contributed by atoms with E-state index in [1.165, 1.54) is 11.4 Å². The van der Waals surface area contributed by atoms with Crippen molar-refractivity contribution >= 4 is 42.9 Å². The number of ether oxygens (including phenoxy) is 1. The lowest BCUT2D eigenvalue weighted by Gasteiger charge is -2.42. The molecule has 2 rings (SSSR count). The first-order valence-corrected chi connectivity index (χ1v) is 16.1. The summed E-state index contributed by atoms with van der Waals surface area (Å²) in [5, 5.41) is 0.0679. The monoisotopic (exact) mass is 410 g/mol. The van der Waals surface area contributed by atoms with Gasteiger partial charge in [-0.3, -0.25) is 4.57 Å². The fraction of sp³-hybridized carbons (Fsp3) is 1.00. The van der Waals surface area contributed by atoms with Crippen LogP contribution in [0.4, 0.5) is 0 Å². The molecule has 10 heteroatoms. The van der Waals surface area contributed by atoms with Gasteiger partial charge in [-0.15, -0.1) is 0 Å². The minimum Gasteiger partial charge on any atom is -0.409 e. The third-order valence-corrected chi connectivity index (χ3v) is 13.8.